The van der Waals surface area contributed by atoms with Gasteiger partial charge >= 0.3 is 0 Å². The Kier molecular flexibility index (Phi) is 4.89. The normalized spacial score (nSPS) is 11.2. The molecule has 0 aliphatic heterocycles. The van der Waals surface area contributed by atoms with Crippen LogP contribution < -0.4 is 11.1 Å². The van der Waals surface area contributed by atoms with E-state index in [1.165, 1.54) is 12.1 Å². The van der Waals surface area contributed by atoms with Gasteiger partial charge in [-0.3, -0.25) is 9.59 Å². The Hall–Kier alpha value is -3.13. The van der Waals surface area contributed by atoms with Gasteiger partial charge in [0.05, 0.1) is 11.6 Å². The molecule has 0 aromatic heterocycles. The zero-order valence-corrected chi connectivity index (χ0v) is 11.8. The lowest BCUT2D eigenvalue weighted by atomic mass is 10.0. The summed E-state index contributed by atoms with van der Waals surface area (Å²) in [7, 11) is 0. The number of benzene rings is 2. The molecule has 5 nitrogen and oxygen atoms in total. The van der Waals surface area contributed by atoms with Crippen LogP contribution in [0.3, 0.4) is 0 Å². The molecule has 0 bridgehead atoms. The Labute approximate surface area is 128 Å². The van der Waals surface area contributed by atoms with Crippen molar-refractivity contribution in [2.45, 2.75) is 12.5 Å². The van der Waals surface area contributed by atoms with Gasteiger partial charge in [-0.2, -0.15) is 5.26 Å². The van der Waals surface area contributed by atoms with Crippen LogP contribution in [0.1, 0.15) is 21.5 Å². The van der Waals surface area contributed by atoms with Crippen molar-refractivity contribution in [2.75, 3.05) is 0 Å². The third kappa shape index (κ3) is 3.93. The second-order valence-electron chi connectivity index (χ2n) is 4.81. The summed E-state index contributed by atoms with van der Waals surface area (Å²) in [4.78, 5) is 23.7. The average molecular weight is 293 g/mol. The largest absolute Gasteiger partial charge is 0.368 e. The molecule has 3 N–H and O–H groups in total. The van der Waals surface area contributed by atoms with Gasteiger partial charge in [-0.25, -0.2) is 0 Å². The Morgan fingerprint density at radius 3 is 2.27 bits per heavy atom. The molecule has 5 heteroatoms. The molecule has 0 saturated carbocycles. The van der Waals surface area contributed by atoms with Crippen LogP contribution in [0.4, 0.5) is 0 Å². The molecule has 22 heavy (non-hydrogen) atoms. The summed E-state index contributed by atoms with van der Waals surface area (Å²) in [5.74, 6) is -0.991. The molecule has 0 fully saturated rings. The van der Waals surface area contributed by atoms with Crippen LogP contribution >= 0.6 is 0 Å². The molecule has 0 spiro atoms. The average Bonchev–Trinajstić information content (AvgIpc) is 2.55. The maximum atomic E-state index is 12.1. The number of carbonyl (C=O) groups excluding carboxylic acids is 2. The maximum Gasteiger partial charge on any atom is 0.251 e. The van der Waals surface area contributed by atoms with Gasteiger partial charge in [0.1, 0.15) is 6.04 Å². The summed E-state index contributed by atoms with van der Waals surface area (Å²) in [5.41, 5.74) is 7.11. The lowest BCUT2D eigenvalue weighted by molar-refractivity contribution is -0.119. The molecule has 0 aliphatic carbocycles. The number of nitrogens with one attached hydrogen (secondary N) is 1. The molecule has 0 aliphatic rings. The van der Waals surface area contributed by atoms with E-state index >= 15 is 0 Å². The van der Waals surface area contributed by atoms with E-state index < -0.39 is 17.9 Å². The molecule has 2 amide bonds. The summed E-state index contributed by atoms with van der Waals surface area (Å²) < 4.78 is 0. The van der Waals surface area contributed by atoms with Crippen molar-refractivity contribution in [3.8, 4) is 6.07 Å². The van der Waals surface area contributed by atoms with Crippen molar-refractivity contribution < 1.29 is 9.59 Å². The van der Waals surface area contributed by atoms with Crippen LogP contribution in [0.25, 0.3) is 0 Å². The highest BCUT2D eigenvalue weighted by Crippen LogP contribution is 2.06. The van der Waals surface area contributed by atoms with E-state index in [0.29, 0.717) is 17.5 Å². The van der Waals surface area contributed by atoms with Gasteiger partial charge in [-0.05, 0) is 29.8 Å². The summed E-state index contributed by atoms with van der Waals surface area (Å²) in [6.07, 6.45) is 0.332. The lowest BCUT2D eigenvalue weighted by Gasteiger charge is -2.15. The lowest BCUT2D eigenvalue weighted by Crippen LogP contribution is -2.45. The fraction of sp³-hybridized carbons (Fsp3) is 0.118. The number of rotatable bonds is 5. The molecular formula is C17H15N3O2. The minimum atomic E-state index is -0.787. The fourth-order valence-electron chi connectivity index (χ4n) is 2.01. The second kappa shape index (κ2) is 7.04. The van der Waals surface area contributed by atoms with Crippen LogP contribution in [-0.2, 0) is 11.2 Å². The van der Waals surface area contributed by atoms with E-state index in [4.69, 9.17) is 11.0 Å². The van der Waals surface area contributed by atoms with Gasteiger partial charge in [0.2, 0.25) is 5.91 Å². The first-order valence-electron chi connectivity index (χ1n) is 6.74. The van der Waals surface area contributed by atoms with Crippen molar-refractivity contribution in [3.63, 3.8) is 0 Å². The van der Waals surface area contributed by atoms with Crippen molar-refractivity contribution in [1.29, 1.82) is 5.26 Å². The van der Waals surface area contributed by atoms with Crippen LogP contribution in [0, 0.1) is 11.3 Å². The van der Waals surface area contributed by atoms with E-state index in [-0.39, 0.29) is 0 Å². The Morgan fingerprint density at radius 2 is 1.73 bits per heavy atom. The smallest absolute Gasteiger partial charge is 0.251 e. The van der Waals surface area contributed by atoms with Crippen LogP contribution in [0.5, 0.6) is 0 Å². The number of primary amides is 1. The molecule has 2 rings (SSSR count). The second-order valence-corrected chi connectivity index (χ2v) is 4.81. The minimum absolute atomic E-state index is 0.332. The number of hydrogen-bond acceptors (Lipinski definition) is 3. The van der Waals surface area contributed by atoms with Crippen LogP contribution in [0.15, 0.2) is 54.6 Å². The van der Waals surface area contributed by atoms with Crippen LogP contribution in [-0.4, -0.2) is 17.9 Å². The standard InChI is InChI=1S/C17H15N3O2/c18-11-13-6-8-14(9-7-13)17(22)20-15(16(19)21)10-12-4-2-1-3-5-12/h1-9,15H,10H2,(H2,19,21)(H,20,22)/t15-/m0/s1. The van der Waals surface area contributed by atoms with Crippen LogP contribution in [0.2, 0.25) is 0 Å². The van der Waals surface area contributed by atoms with Crippen molar-refractivity contribution in [2.24, 2.45) is 5.73 Å². The molecule has 2 aromatic carbocycles. The van der Waals surface area contributed by atoms with E-state index in [2.05, 4.69) is 5.32 Å². The Morgan fingerprint density at radius 1 is 1.09 bits per heavy atom. The summed E-state index contributed by atoms with van der Waals surface area (Å²) in [5, 5.41) is 11.4. The highest BCUT2D eigenvalue weighted by molar-refractivity contribution is 5.97. The van der Waals surface area contributed by atoms with Crippen molar-refractivity contribution in [1.82, 2.24) is 5.32 Å². The van der Waals surface area contributed by atoms with Crippen molar-refractivity contribution in [3.05, 3.63) is 71.3 Å². The van der Waals surface area contributed by atoms with Gasteiger partial charge in [-0.1, -0.05) is 30.3 Å². The molecule has 0 heterocycles. The number of amides is 2. The topological polar surface area (TPSA) is 96.0 Å². The monoisotopic (exact) mass is 293 g/mol. The Balaban J connectivity index is 2.08. The quantitative estimate of drug-likeness (QED) is 0.871. The molecule has 0 radical (unpaired) electrons. The first-order valence-corrected chi connectivity index (χ1v) is 6.74. The van der Waals surface area contributed by atoms with E-state index in [1.54, 1.807) is 12.1 Å². The molecule has 0 saturated heterocycles. The van der Waals surface area contributed by atoms with Gasteiger partial charge in [0.15, 0.2) is 0 Å². The maximum absolute atomic E-state index is 12.1. The molecule has 1 atom stereocenters. The van der Waals surface area contributed by atoms with Crippen molar-refractivity contribution >= 4 is 11.8 Å². The van der Waals surface area contributed by atoms with Gasteiger partial charge in [-0.15, -0.1) is 0 Å². The molecule has 0 unspecified atom stereocenters. The van der Waals surface area contributed by atoms with Gasteiger partial charge in [0.25, 0.3) is 5.91 Å². The minimum Gasteiger partial charge on any atom is -0.368 e. The molecular weight excluding hydrogens is 278 g/mol. The highest BCUT2D eigenvalue weighted by atomic mass is 16.2. The number of nitrogens with zero attached hydrogens (tertiary/aromatic N) is 1. The third-order valence-corrected chi connectivity index (χ3v) is 3.21. The molecule has 110 valence electrons. The predicted octanol–water partition coefficient (Wildman–Crippen LogP) is 1.38. The van der Waals surface area contributed by atoms with Gasteiger partial charge in [0, 0.05) is 12.0 Å². The fourth-order valence-corrected chi connectivity index (χ4v) is 2.01. The Bertz CT molecular complexity index is 703. The van der Waals surface area contributed by atoms with Gasteiger partial charge < -0.3 is 11.1 Å². The zero-order valence-electron chi connectivity index (χ0n) is 11.8. The summed E-state index contributed by atoms with van der Waals surface area (Å²) in [6.45, 7) is 0. The summed E-state index contributed by atoms with van der Waals surface area (Å²) in [6, 6.07) is 16.7. The first kappa shape index (κ1) is 15.3. The third-order valence-electron chi connectivity index (χ3n) is 3.21. The highest BCUT2D eigenvalue weighted by Gasteiger charge is 2.19. The molecule has 2 aromatic rings. The number of carbonyl (C=O) groups is 2. The number of nitriles is 1. The van der Waals surface area contributed by atoms with E-state index in [9.17, 15) is 9.59 Å². The van der Waals surface area contributed by atoms with E-state index in [0.717, 1.165) is 5.56 Å². The predicted molar refractivity (Wildman–Crippen MR) is 81.8 cm³/mol. The number of nitrogens with two attached hydrogens (primary N) is 1. The number of hydrogen-bond donors (Lipinski definition) is 2. The summed E-state index contributed by atoms with van der Waals surface area (Å²) >= 11 is 0. The SMILES string of the molecule is N#Cc1ccc(C(=O)N[C@@H](Cc2ccccc2)C(N)=O)cc1. The van der Waals surface area contributed by atoms with E-state index in [1.807, 2.05) is 36.4 Å². The first-order chi connectivity index (χ1) is 10.6. The zero-order chi connectivity index (χ0) is 15.9.